The highest BCUT2D eigenvalue weighted by molar-refractivity contribution is 5.94. The molecule has 1 atom stereocenters. The molecule has 1 unspecified atom stereocenters. The maximum absolute atomic E-state index is 12.5. The average molecular weight is 274 g/mol. The van der Waals surface area contributed by atoms with Gasteiger partial charge in [0.2, 0.25) is 0 Å². The van der Waals surface area contributed by atoms with E-state index in [0.29, 0.717) is 5.92 Å². The first-order valence-electron chi connectivity index (χ1n) is 7.44. The highest BCUT2D eigenvalue weighted by Gasteiger charge is 2.20. The second kappa shape index (κ2) is 5.83. The first kappa shape index (κ1) is 13.4. The van der Waals surface area contributed by atoms with Crippen molar-refractivity contribution in [3.8, 4) is 0 Å². The SMILES string of the molecule is CN(CC1CCCOC1)C(=O)c1ccc2c(c1)CCN2. The minimum atomic E-state index is 0.116. The molecule has 108 valence electrons. The van der Waals surface area contributed by atoms with Crippen molar-refractivity contribution in [3.63, 3.8) is 0 Å². The lowest BCUT2D eigenvalue weighted by Crippen LogP contribution is -2.35. The lowest BCUT2D eigenvalue weighted by Gasteiger charge is -2.27. The van der Waals surface area contributed by atoms with Crippen molar-refractivity contribution < 1.29 is 9.53 Å². The minimum Gasteiger partial charge on any atom is -0.384 e. The fraction of sp³-hybridized carbons (Fsp3) is 0.562. The van der Waals surface area contributed by atoms with E-state index in [-0.39, 0.29) is 5.91 Å². The molecule has 1 amide bonds. The molecule has 1 aromatic carbocycles. The zero-order valence-electron chi connectivity index (χ0n) is 12.0. The molecule has 0 aromatic heterocycles. The van der Waals surface area contributed by atoms with Crippen LogP contribution in [0.1, 0.15) is 28.8 Å². The van der Waals surface area contributed by atoms with E-state index in [1.807, 2.05) is 30.1 Å². The van der Waals surface area contributed by atoms with Crippen molar-refractivity contribution in [1.82, 2.24) is 4.90 Å². The second-order valence-corrected chi connectivity index (χ2v) is 5.82. The Morgan fingerprint density at radius 2 is 2.40 bits per heavy atom. The van der Waals surface area contributed by atoms with Crippen molar-refractivity contribution in [2.24, 2.45) is 5.92 Å². The van der Waals surface area contributed by atoms with Crippen LogP contribution in [-0.4, -0.2) is 44.2 Å². The number of nitrogens with zero attached hydrogens (tertiary/aromatic N) is 1. The maximum atomic E-state index is 12.5. The smallest absolute Gasteiger partial charge is 0.253 e. The maximum Gasteiger partial charge on any atom is 0.253 e. The molecular formula is C16H22N2O2. The molecule has 1 fully saturated rings. The van der Waals surface area contributed by atoms with E-state index >= 15 is 0 Å². The van der Waals surface area contributed by atoms with E-state index in [2.05, 4.69) is 5.32 Å². The van der Waals surface area contributed by atoms with Crippen molar-refractivity contribution in [2.75, 3.05) is 38.7 Å². The van der Waals surface area contributed by atoms with Crippen molar-refractivity contribution in [1.29, 1.82) is 0 Å². The molecule has 0 saturated carbocycles. The third-order valence-corrected chi connectivity index (χ3v) is 4.20. The van der Waals surface area contributed by atoms with Gasteiger partial charge in [0.05, 0.1) is 6.61 Å². The summed E-state index contributed by atoms with van der Waals surface area (Å²) in [6.45, 7) is 3.41. The van der Waals surface area contributed by atoms with Crippen LogP contribution >= 0.6 is 0 Å². The lowest BCUT2D eigenvalue weighted by atomic mass is 10.0. The van der Waals surface area contributed by atoms with Gasteiger partial charge in [0.15, 0.2) is 0 Å². The summed E-state index contributed by atoms with van der Waals surface area (Å²) in [6.07, 6.45) is 3.28. The fourth-order valence-electron chi connectivity index (χ4n) is 3.08. The largest absolute Gasteiger partial charge is 0.384 e. The van der Waals surface area contributed by atoms with E-state index in [9.17, 15) is 4.79 Å². The van der Waals surface area contributed by atoms with Crippen LogP contribution in [-0.2, 0) is 11.2 Å². The number of ether oxygens (including phenoxy) is 1. The average Bonchev–Trinajstić information content (AvgIpc) is 2.94. The van der Waals surface area contributed by atoms with Gasteiger partial charge in [0, 0.05) is 38.0 Å². The second-order valence-electron chi connectivity index (χ2n) is 5.82. The Bertz CT molecular complexity index is 495. The molecule has 4 nitrogen and oxygen atoms in total. The molecule has 1 saturated heterocycles. The van der Waals surface area contributed by atoms with Crippen LogP contribution in [0.25, 0.3) is 0 Å². The summed E-state index contributed by atoms with van der Waals surface area (Å²) in [5.41, 5.74) is 3.22. The Kier molecular flexibility index (Phi) is 3.92. The first-order valence-corrected chi connectivity index (χ1v) is 7.44. The third-order valence-electron chi connectivity index (χ3n) is 4.20. The number of nitrogens with one attached hydrogen (secondary N) is 1. The number of hydrogen-bond acceptors (Lipinski definition) is 3. The van der Waals surface area contributed by atoms with Gasteiger partial charge in [-0.3, -0.25) is 4.79 Å². The van der Waals surface area contributed by atoms with Gasteiger partial charge in [-0.15, -0.1) is 0 Å². The van der Waals surface area contributed by atoms with Crippen molar-refractivity contribution in [2.45, 2.75) is 19.3 Å². The molecule has 0 radical (unpaired) electrons. The number of carbonyl (C=O) groups excluding carboxylic acids is 1. The summed E-state index contributed by atoms with van der Waals surface area (Å²) in [4.78, 5) is 14.3. The number of anilines is 1. The molecule has 0 spiro atoms. The van der Waals surface area contributed by atoms with Crippen molar-refractivity contribution in [3.05, 3.63) is 29.3 Å². The quantitative estimate of drug-likeness (QED) is 0.918. The molecule has 4 heteroatoms. The number of amides is 1. The van der Waals surface area contributed by atoms with E-state index in [0.717, 1.165) is 51.1 Å². The molecule has 2 heterocycles. The number of benzene rings is 1. The van der Waals surface area contributed by atoms with Gasteiger partial charge in [-0.1, -0.05) is 0 Å². The van der Waals surface area contributed by atoms with E-state index in [1.54, 1.807) is 0 Å². The van der Waals surface area contributed by atoms with Gasteiger partial charge in [-0.25, -0.2) is 0 Å². The van der Waals surface area contributed by atoms with Crippen LogP contribution < -0.4 is 5.32 Å². The molecular weight excluding hydrogens is 252 g/mol. The Labute approximate surface area is 120 Å². The molecule has 0 aliphatic carbocycles. The van der Waals surface area contributed by atoms with E-state index < -0.39 is 0 Å². The van der Waals surface area contributed by atoms with Gasteiger partial charge in [-0.05, 0) is 48.9 Å². The van der Waals surface area contributed by atoms with Crippen LogP contribution in [0, 0.1) is 5.92 Å². The molecule has 2 aliphatic heterocycles. The summed E-state index contributed by atoms with van der Waals surface area (Å²) < 4.78 is 5.48. The van der Waals surface area contributed by atoms with Gasteiger partial charge < -0.3 is 15.0 Å². The molecule has 1 N–H and O–H groups in total. The van der Waals surface area contributed by atoms with Gasteiger partial charge in [0.25, 0.3) is 5.91 Å². The van der Waals surface area contributed by atoms with Crippen LogP contribution in [0.4, 0.5) is 5.69 Å². The predicted molar refractivity (Wildman–Crippen MR) is 79.1 cm³/mol. The summed E-state index contributed by atoms with van der Waals surface area (Å²) in [5.74, 6) is 0.596. The molecule has 2 aliphatic rings. The standard InChI is InChI=1S/C16H22N2O2/c1-18(10-12-3-2-8-20-11-12)16(19)14-4-5-15-13(9-14)6-7-17-15/h4-5,9,12,17H,2-3,6-8,10-11H2,1H3. The third kappa shape index (κ3) is 2.80. The number of hydrogen-bond donors (Lipinski definition) is 1. The summed E-state index contributed by atoms with van der Waals surface area (Å²) >= 11 is 0. The lowest BCUT2D eigenvalue weighted by molar-refractivity contribution is 0.0388. The monoisotopic (exact) mass is 274 g/mol. The molecule has 0 bridgehead atoms. The van der Waals surface area contributed by atoms with Crippen LogP contribution in [0.15, 0.2) is 18.2 Å². The highest BCUT2D eigenvalue weighted by atomic mass is 16.5. The number of rotatable bonds is 3. The Hall–Kier alpha value is -1.55. The summed E-state index contributed by atoms with van der Waals surface area (Å²) in [6, 6.07) is 5.98. The highest BCUT2D eigenvalue weighted by Crippen LogP contribution is 2.24. The van der Waals surface area contributed by atoms with Crippen LogP contribution in [0.3, 0.4) is 0 Å². The predicted octanol–water partition coefficient (Wildman–Crippen LogP) is 2.15. The Balaban J connectivity index is 1.65. The molecule has 1 aromatic rings. The van der Waals surface area contributed by atoms with Gasteiger partial charge in [0.1, 0.15) is 0 Å². The topological polar surface area (TPSA) is 41.6 Å². The van der Waals surface area contributed by atoms with Crippen molar-refractivity contribution >= 4 is 11.6 Å². The Morgan fingerprint density at radius 1 is 1.50 bits per heavy atom. The van der Waals surface area contributed by atoms with Gasteiger partial charge >= 0.3 is 0 Å². The summed E-state index contributed by atoms with van der Waals surface area (Å²) in [7, 11) is 1.89. The van der Waals surface area contributed by atoms with Gasteiger partial charge in [-0.2, -0.15) is 0 Å². The first-order chi connectivity index (χ1) is 9.74. The van der Waals surface area contributed by atoms with E-state index in [1.165, 1.54) is 11.3 Å². The number of fused-ring (bicyclic) bond motifs is 1. The minimum absolute atomic E-state index is 0.116. The fourth-order valence-corrected chi connectivity index (χ4v) is 3.08. The molecule has 20 heavy (non-hydrogen) atoms. The zero-order chi connectivity index (χ0) is 13.9. The molecule has 3 rings (SSSR count). The number of carbonyl (C=O) groups is 1. The normalized spacial score (nSPS) is 21.1. The van der Waals surface area contributed by atoms with Crippen LogP contribution in [0.2, 0.25) is 0 Å². The van der Waals surface area contributed by atoms with Crippen LogP contribution in [0.5, 0.6) is 0 Å². The van der Waals surface area contributed by atoms with E-state index in [4.69, 9.17) is 4.74 Å². The Morgan fingerprint density at radius 3 is 3.20 bits per heavy atom. The summed E-state index contributed by atoms with van der Waals surface area (Å²) in [5, 5.41) is 3.32. The zero-order valence-corrected chi connectivity index (χ0v) is 12.0.